The van der Waals surface area contributed by atoms with Gasteiger partial charge in [-0.15, -0.1) is 11.3 Å². The van der Waals surface area contributed by atoms with Crippen molar-refractivity contribution in [2.24, 2.45) is 5.73 Å². The van der Waals surface area contributed by atoms with E-state index in [0.717, 1.165) is 17.7 Å². The monoisotopic (exact) mass is 541 g/mol. The van der Waals surface area contributed by atoms with Gasteiger partial charge in [0.05, 0.1) is 5.69 Å². The van der Waals surface area contributed by atoms with E-state index in [1.807, 2.05) is 72.1 Å². The lowest BCUT2D eigenvalue weighted by molar-refractivity contribution is -0.121. The van der Waals surface area contributed by atoms with Crippen LogP contribution in [0.1, 0.15) is 36.3 Å². The van der Waals surface area contributed by atoms with Crippen LogP contribution in [0.5, 0.6) is 0 Å². The van der Waals surface area contributed by atoms with Crippen LogP contribution in [-0.4, -0.2) is 48.0 Å². The second-order valence-corrected chi connectivity index (χ2v) is 10.1. The van der Waals surface area contributed by atoms with Crippen molar-refractivity contribution in [3.05, 3.63) is 108 Å². The lowest BCUT2D eigenvalue weighted by Gasteiger charge is -2.26. The number of anilines is 1. The normalized spacial score (nSPS) is 10.8. The topological polar surface area (TPSA) is 100 Å². The van der Waals surface area contributed by atoms with E-state index >= 15 is 0 Å². The van der Waals surface area contributed by atoms with Gasteiger partial charge in [0.15, 0.2) is 5.13 Å². The fourth-order valence-electron chi connectivity index (χ4n) is 4.47. The van der Waals surface area contributed by atoms with E-state index in [9.17, 15) is 9.59 Å². The molecule has 1 aromatic heterocycles. The van der Waals surface area contributed by atoms with Crippen LogP contribution in [0.2, 0.25) is 0 Å². The van der Waals surface area contributed by atoms with Crippen LogP contribution in [-0.2, 0) is 4.79 Å². The summed E-state index contributed by atoms with van der Waals surface area (Å²) in [7, 11) is 0. The zero-order chi connectivity index (χ0) is 27.3. The quantitative estimate of drug-likeness (QED) is 0.201. The molecule has 4 aromatic rings. The second kappa shape index (κ2) is 14.8. The molecule has 0 aliphatic rings. The predicted molar refractivity (Wildman–Crippen MR) is 159 cm³/mol. The number of rotatable bonds is 13. The molecule has 0 unspecified atom stereocenters. The summed E-state index contributed by atoms with van der Waals surface area (Å²) in [5.41, 5.74) is 9.73. The highest BCUT2D eigenvalue weighted by Crippen LogP contribution is 2.29. The van der Waals surface area contributed by atoms with Crippen LogP contribution >= 0.6 is 11.3 Å². The van der Waals surface area contributed by atoms with Gasteiger partial charge in [-0.25, -0.2) is 9.78 Å². The molecule has 1 heterocycles. The number of amides is 3. The molecule has 202 valence electrons. The molecule has 0 atom stereocenters. The summed E-state index contributed by atoms with van der Waals surface area (Å²) in [4.78, 5) is 32.0. The molecule has 0 bridgehead atoms. The third-order valence-electron chi connectivity index (χ3n) is 6.46. The minimum atomic E-state index is -0.216. The predicted octanol–water partition coefficient (Wildman–Crippen LogP) is 5.72. The number of nitrogens with two attached hydrogens (primary N) is 1. The molecule has 0 aliphatic carbocycles. The number of hydrogen-bond donors (Lipinski definition) is 3. The van der Waals surface area contributed by atoms with Crippen molar-refractivity contribution in [3.63, 3.8) is 0 Å². The highest BCUT2D eigenvalue weighted by atomic mass is 32.1. The second-order valence-electron chi connectivity index (χ2n) is 9.23. The lowest BCUT2D eigenvalue weighted by Crippen LogP contribution is -2.38. The first kappa shape index (κ1) is 28.0. The molecule has 0 aliphatic heterocycles. The zero-order valence-corrected chi connectivity index (χ0v) is 22.8. The number of nitrogens with one attached hydrogen (secondary N) is 2. The van der Waals surface area contributed by atoms with Gasteiger partial charge in [0.1, 0.15) is 0 Å². The van der Waals surface area contributed by atoms with Gasteiger partial charge in [0.25, 0.3) is 0 Å². The first-order chi connectivity index (χ1) is 19.1. The molecule has 7 nitrogen and oxygen atoms in total. The summed E-state index contributed by atoms with van der Waals surface area (Å²) < 4.78 is 0. The van der Waals surface area contributed by atoms with Gasteiger partial charge >= 0.3 is 6.03 Å². The summed E-state index contributed by atoms with van der Waals surface area (Å²) in [6.07, 6.45) is 1.63. The molecule has 3 amide bonds. The number of thiazole rings is 1. The molecule has 0 fully saturated rings. The Morgan fingerprint density at radius 2 is 1.49 bits per heavy atom. The lowest BCUT2D eigenvalue weighted by atomic mass is 9.88. The first-order valence-corrected chi connectivity index (χ1v) is 14.2. The number of urea groups is 1. The molecular formula is C31H35N5O2S. The maximum atomic E-state index is 13.5. The Kier molecular flexibility index (Phi) is 10.6. The van der Waals surface area contributed by atoms with Crippen molar-refractivity contribution >= 4 is 28.4 Å². The Morgan fingerprint density at radius 1 is 0.872 bits per heavy atom. The van der Waals surface area contributed by atoms with Crippen LogP contribution in [0.15, 0.2) is 96.4 Å². The van der Waals surface area contributed by atoms with E-state index in [0.29, 0.717) is 44.2 Å². The van der Waals surface area contributed by atoms with E-state index in [2.05, 4.69) is 39.9 Å². The molecule has 4 rings (SSSR count). The van der Waals surface area contributed by atoms with Crippen molar-refractivity contribution in [1.29, 1.82) is 0 Å². The summed E-state index contributed by atoms with van der Waals surface area (Å²) in [5.74, 6) is 0.0831. The third-order valence-corrected chi connectivity index (χ3v) is 7.22. The number of carbonyl (C=O) groups is 2. The van der Waals surface area contributed by atoms with Crippen molar-refractivity contribution in [1.82, 2.24) is 15.2 Å². The van der Waals surface area contributed by atoms with Crippen LogP contribution in [0.25, 0.3) is 11.3 Å². The Balaban J connectivity index is 1.46. The molecule has 0 radical (unpaired) electrons. The van der Waals surface area contributed by atoms with Crippen molar-refractivity contribution in [3.8, 4) is 11.3 Å². The summed E-state index contributed by atoms with van der Waals surface area (Å²) >= 11 is 1.40. The van der Waals surface area contributed by atoms with Gasteiger partial charge in [-0.05, 0) is 24.0 Å². The third kappa shape index (κ3) is 8.49. The van der Waals surface area contributed by atoms with Gasteiger partial charge in [0, 0.05) is 49.5 Å². The fourth-order valence-corrected chi connectivity index (χ4v) is 5.18. The maximum Gasteiger partial charge on any atom is 0.323 e. The standard InChI is InChI=1S/C31H35N5O2S/c32-19-20-33-29(37)17-10-21-36(31(38)35-30-34-28(23-39-30)26-15-8-3-9-16-26)22-18-27(24-11-4-1-5-12-24)25-13-6-2-7-14-25/h1-9,11-16,23,27H,10,17-22,32H2,(H,33,37)(H,34,35,38). The van der Waals surface area contributed by atoms with Crippen LogP contribution in [0.3, 0.4) is 0 Å². The highest BCUT2D eigenvalue weighted by Gasteiger charge is 2.20. The van der Waals surface area contributed by atoms with E-state index in [4.69, 9.17) is 5.73 Å². The number of nitrogens with zero attached hydrogens (tertiary/aromatic N) is 2. The van der Waals surface area contributed by atoms with E-state index < -0.39 is 0 Å². The van der Waals surface area contributed by atoms with Crippen LogP contribution < -0.4 is 16.4 Å². The van der Waals surface area contributed by atoms with Gasteiger partial charge in [0.2, 0.25) is 5.91 Å². The number of carbonyl (C=O) groups excluding carboxylic acids is 2. The van der Waals surface area contributed by atoms with E-state index in [-0.39, 0.29) is 17.9 Å². The molecule has 8 heteroatoms. The molecule has 0 saturated carbocycles. The van der Waals surface area contributed by atoms with Gasteiger partial charge in [-0.2, -0.15) is 0 Å². The minimum Gasteiger partial charge on any atom is -0.355 e. The number of hydrogen-bond acceptors (Lipinski definition) is 5. The Bertz CT molecular complexity index is 1260. The molecular weight excluding hydrogens is 506 g/mol. The molecule has 39 heavy (non-hydrogen) atoms. The summed E-state index contributed by atoms with van der Waals surface area (Å²) in [6.45, 7) is 1.84. The largest absolute Gasteiger partial charge is 0.355 e. The smallest absolute Gasteiger partial charge is 0.323 e. The SMILES string of the molecule is NCCNC(=O)CCCN(CCC(c1ccccc1)c1ccccc1)C(=O)Nc1nc(-c2ccccc2)cs1. The fraction of sp³-hybridized carbons (Fsp3) is 0.258. The average Bonchev–Trinajstić information content (AvgIpc) is 3.45. The van der Waals surface area contributed by atoms with Crippen LogP contribution in [0, 0.1) is 0 Å². The van der Waals surface area contributed by atoms with Gasteiger partial charge in [-0.1, -0.05) is 91.0 Å². The Hall–Kier alpha value is -4.01. The van der Waals surface area contributed by atoms with Crippen molar-refractivity contribution < 1.29 is 9.59 Å². The zero-order valence-electron chi connectivity index (χ0n) is 22.0. The first-order valence-electron chi connectivity index (χ1n) is 13.3. The number of benzene rings is 3. The molecule has 3 aromatic carbocycles. The number of aromatic nitrogens is 1. The van der Waals surface area contributed by atoms with Crippen molar-refractivity contribution in [2.45, 2.75) is 25.2 Å². The van der Waals surface area contributed by atoms with E-state index in [1.54, 1.807) is 4.90 Å². The maximum absolute atomic E-state index is 13.5. The summed E-state index contributed by atoms with van der Waals surface area (Å²) in [6, 6.07) is 30.4. The summed E-state index contributed by atoms with van der Waals surface area (Å²) in [5, 5.41) is 8.27. The highest BCUT2D eigenvalue weighted by molar-refractivity contribution is 7.14. The van der Waals surface area contributed by atoms with Gasteiger partial charge in [-0.3, -0.25) is 10.1 Å². The minimum absolute atomic E-state index is 0.0558. The van der Waals surface area contributed by atoms with Gasteiger partial charge < -0.3 is 16.0 Å². The Labute approximate surface area is 234 Å². The average molecular weight is 542 g/mol. The Morgan fingerprint density at radius 3 is 2.10 bits per heavy atom. The molecule has 4 N–H and O–H groups in total. The molecule has 0 spiro atoms. The molecule has 0 saturated heterocycles. The van der Waals surface area contributed by atoms with Crippen molar-refractivity contribution in [2.75, 3.05) is 31.5 Å². The van der Waals surface area contributed by atoms with Crippen LogP contribution in [0.4, 0.5) is 9.93 Å². The van der Waals surface area contributed by atoms with E-state index in [1.165, 1.54) is 22.5 Å².